The molecule has 28 heavy (non-hydrogen) atoms. The molecule has 0 fully saturated rings. The number of carbonyl (C=O) groups is 3. The standard InChI is InChI=1S/C21H20O6S/c1-26-19-10-8-16(11-17(19)12-28-13-20(23)24)18(22)9-5-14-3-6-15(7-4-14)21(25)27-2/h3-11H,12-13H2,1-2H3,(H,23,24)/b9-5+. The minimum atomic E-state index is -0.891. The highest BCUT2D eigenvalue weighted by Crippen LogP contribution is 2.25. The van der Waals surface area contributed by atoms with Crippen molar-refractivity contribution in [3.8, 4) is 5.75 Å². The molecule has 146 valence electrons. The highest BCUT2D eigenvalue weighted by Gasteiger charge is 2.10. The Bertz CT molecular complexity index is 886. The smallest absolute Gasteiger partial charge is 0.337 e. The molecule has 2 rings (SSSR count). The maximum atomic E-state index is 12.5. The molecule has 0 unspecified atom stereocenters. The van der Waals surface area contributed by atoms with E-state index in [1.165, 1.54) is 32.1 Å². The second-order valence-corrected chi connectivity index (χ2v) is 6.71. The van der Waals surface area contributed by atoms with Gasteiger partial charge in [0.15, 0.2) is 5.78 Å². The molecule has 0 bridgehead atoms. The topological polar surface area (TPSA) is 89.9 Å². The summed E-state index contributed by atoms with van der Waals surface area (Å²) in [7, 11) is 2.85. The van der Waals surface area contributed by atoms with E-state index in [0.717, 1.165) is 11.1 Å². The number of carbonyl (C=O) groups excluding carboxylic acids is 2. The number of carboxylic acids is 1. The zero-order chi connectivity index (χ0) is 20.5. The fourth-order valence-corrected chi connectivity index (χ4v) is 3.13. The van der Waals surface area contributed by atoms with Crippen LogP contribution in [-0.4, -0.2) is 42.8 Å². The number of rotatable bonds is 9. The summed E-state index contributed by atoms with van der Waals surface area (Å²) < 4.78 is 9.93. The van der Waals surface area contributed by atoms with Gasteiger partial charge in [0.25, 0.3) is 0 Å². The van der Waals surface area contributed by atoms with Crippen LogP contribution in [0.3, 0.4) is 0 Å². The number of hydrogen-bond donors (Lipinski definition) is 1. The lowest BCUT2D eigenvalue weighted by atomic mass is 10.1. The molecule has 0 aliphatic heterocycles. The molecule has 0 aromatic heterocycles. The molecule has 7 heteroatoms. The van der Waals surface area contributed by atoms with Crippen LogP contribution in [0.2, 0.25) is 0 Å². The second kappa shape index (κ2) is 10.3. The molecular weight excluding hydrogens is 380 g/mol. The van der Waals surface area contributed by atoms with Crippen molar-refractivity contribution in [1.82, 2.24) is 0 Å². The molecule has 0 saturated carbocycles. The van der Waals surface area contributed by atoms with Gasteiger partial charge in [-0.15, -0.1) is 11.8 Å². The third-order valence-electron chi connectivity index (χ3n) is 3.81. The van der Waals surface area contributed by atoms with Crippen molar-refractivity contribution in [2.45, 2.75) is 5.75 Å². The van der Waals surface area contributed by atoms with E-state index in [4.69, 9.17) is 9.84 Å². The van der Waals surface area contributed by atoms with Crippen molar-refractivity contribution < 1.29 is 29.0 Å². The van der Waals surface area contributed by atoms with E-state index in [2.05, 4.69) is 4.74 Å². The van der Waals surface area contributed by atoms with Crippen LogP contribution < -0.4 is 4.74 Å². The number of benzene rings is 2. The van der Waals surface area contributed by atoms with Crippen molar-refractivity contribution >= 4 is 35.6 Å². The molecule has 0 heterocycles. The van der Waals surface area contributed by atoms with Crippen LogP contribution in [0.4, 0.5) is 0 Å². The summed E-state index contributed by atoms with van der Waals surface area (Å²) in [5, 5.41) is 8.76. The van der Waals surface area contributed by atoms with E-state index in [9.17, 15) is 14.4 Å². The monoisotopic (exact) mass is 400 g/mol. The Labute approximate surface area is 167 Å². The molecule has 2 aromatic carbocycles. The van der Waals surface area contributed by atoms with E-state index in [-0.39, 0.29) is 11.5 Å². The van der Waals surface area contributed by atoms with E-state index in [1.807, 2.05) is 0 Å². The molecule has 0 spiro atoms. The average Bonchev–Trinajstić information content (AvgIpc) is 2.71. The first-order chi connectivity index (χ1) is 13.4. The molecule has 0 aliphatic rings. The van der Waals surface area contributed by atoms with Gasteiger partial charge < -0.3 is 14.6 Å². The Hall–Kier alpha value is -3.06. The Kier molecular flexibility index (Phi) is 7.83. The number of esters is 1. The van der Waals surface area contributed by atoms with Crippen LogP contribution in [0.25, 0.3) is 6.08 Å². The average molecular weight is 400 g/mol. The van der Waals surface area contributed by atoms with E-state index in [1.54, 1.807) is 48.5 Å². The zero-order valence-electron chi connectivity index (χ0n) is 15.5. The van der Waals surface area contributed by atoms with Gasteiger partial charge in [-0.25, -0.2) is 4.79 Å². The van der Waals surface area contributed by atoms with Crippen molar-refractivity contribution in [3.63, 3.8) is 0 Å². The molecule has 0 atom stereocenters. The summed E-state index contributed by atoms with van der Waals surface area (Å²) >= 11 is 1.23. The Morgan fingerprint density at radius 1 is 1.04 bits per heavy atom. The highest BCUT2D eigenvalue weighted by atomic mass is 32.2. The summed E-state index contributed by atoms with van der Waals surface area (Å²) in [4.78, 5) is 34.6. The number of allylic oxidation sites excluding steroid dienone is 1. The number of thioether (sulfide) groups is 1. The van der Waals surface area contributed by atoms with E-state index >= 15 is 0 Å². The van der Waals surface area contributed by atoms with Crippen molar-refractivity contribution in [2.24, 2.45) is 0 Å². The van der Waals surface area contributed by atoms with Crippen LogP contribution >= 0.6 is 11.8 Å². The highest BCUT2D eigenvalue weighted by molar-refractivity contribution is 7.99. The Morgan fingerprint density at radius 2 is 1.71 bits per heavy atom. The Morgan fingerprint density at radius 3 is 2.32 bits per heavy atom. The maximum absolute atomic E-state index is 12.5. The van der Waals surface area contributed by atoms with Gasteiger partial charge in [0.05, 0.1) is 25.5 Å². The van der Waals surface area contributed by atoms with Crippen molar-refractivity contribution in [1.29, 1.82) is 0 Å². The summed E-state index contributed by atoms with van der Waals surface area (Å²) in [6.07, 6.45) is 3.11. The van der Waals surface area contributed by atoms with Gasteiger partial charge in [-0.05, 0) is 42.0 Å². The summed E-state index contributed by atoms with van der Waals surface area (Å²) in [5.74, 6) is -0.491. The summed E-state index contributed by atoms with van der Waals surface area (Å²) in [6.45, 7) is 0. The second-order valence-electron chi connectivity index (χ2n) is 5.72. The predicted molar refractivity (Wildman–Crippen MR) is 108 cm³/mol. The van der Waals surface area contributed by atoms with Crippen LogP contribution in [-0.2, 0) is 15.3 Å². The van der Waals surface area contributed by atoms with Crippen LogP contribution in [0.15, 0.2) is 48.5 Å². The predicted octanol–water partition coefficient (Wildman–Crippen LogP) is 3.70. The summed E-state index contributed by atoms with van der Waals surface area (Å²) in [5.41, 5.74) is 2.45. The van der Waals surface area contributed by atoms with Gasteiger partial charge >= 0.3 is 11.9 Å². The zero-order valence-corrected chi connectivity index (χ0v) is 16.3. The first-order valence-electron chi connectivity index (χ1n) is 8.32. The molecule has 0 amide bonds. The number of ketones is 1. The number of hydrogen-bond acceptors (Lipinski definition) is 6. The van der Waals surface area contributed by atoms with E-state index < -0.39 is 11.9 Å². The van der Waals surface area contributed by atoms with Crippen LogP contribution in [0, 0.1) is 0 Å². The fourth-order valence-electron chi connectivity index (χ4n) is 2.41. The third kappa shape index (κ3) is 5.99. The molecule has 0 radical (unpaired) electrons. The van der Waals surface area contributed by atoms with E-state index in [0.29, 0.717) is 22.6 Å². The van der Waals surface area contributed by atoms with Gasteiger partial charge in [0, 0.05) is 16.9 Å². The fraction of sp³-hybridized carbons (Fsp3) is 0.190. The molecule has 0 saturated heterocycles. The molecule has 2 aromatic rings. The molecule has 0 aliphatic carbocycles. The number of methoxy groups -OCH3 is 2. The van der Waals surface area contributed by atoms with Crippen LogP contribution in [0.1, 0.15) is 31.8 Å². The third-order valence-corrected chi connectivity index (χ3v) is 4.77. The number of carboxylic acid groups (broad SMARTS) is 1. The normalized spacial score (nSPS) is 10.6. The van der Waals surface area contributed by atoms with Crippen molar-refractivity contribution in [2.75, 3.05) is 20.0 Å². The largest absolute Gasteiger partial charge is 0.496 e. The minimum Gasteiger partial charge on any atom is -0.496 e. The SMILES string of the molecule is COC(=O)c1ccc(/C=C/C(=O)c2ccc(OC)c(CSCC(=O)O)c2)cc1. The molecular formula is C21H20O6S. The van der Waals surface area contributed by atoms with Gasteiger partial charge in [0.2, 0.25) is 0 Å². The first-order valence-corrected chi connectivity index (χ1v) is 9.47. The number of ether oxygens (including phenoxy) is 2. The molecule has 1 N–H and O–H groups in total. The summed E-state index contributed by atoms with van der Waals surface area (Å²) in [6, 6.07) is 11.8. The van der Waals surface area contributed by atoms with Crippen molar-refractivity contribution in [3.05, 3.63) is 70.8 Å². The first kappa shape index (κ1) is 21.2. The lowest BCUT2D eigenvalue weighted by Gasteiger charge is -2.09. The Balaban J connectivity index is 2.11. The number of aliphatic carboxylic acids is 1. The quantitative estimate of drug-likeness (QED) is 0.390. The maximum Gasteiger partial charge on any atom is 0.337 e. The van der Waals surface area contributed by atoms with Gasteiger partial charge in [-0.1, -0.05) is 18.2 Å². The molecule has 6 nitrogen and oxygen atoms in total. The minimum absolute atomic E-state index is 0.0250. The lowest BCUT2D eigenvalue weighted by molar-refractivity contribution is -0.133. The van der Waals surface area contributed by atoms with Gasteiger partial charge in [-0.2, -0.15) is 0 Å². The van der Waals surface area contributed by atoms with Crippen LogP contribution in [0.5, 0.6) is 5.75 Å². The van der Waals surface area contributed by atoms with Gasteiger partial charge in [-0.3, -0.25) is 9.59 Å². The van der Waals surface area contributed by atoms with Gasteiger partial charge in [0.1, 0.15) is 5.75 Å². The lowest BCUT2D eigenvalue weighted by Crippen LogP contribution is -2.01.